The van der Waals surface area contributed by atoms with Gasteiger partial charge in [-0.2, -0.15) is 0 Å². The molecule has 0 spiro atoms. The fourth-order valence-corrected chi connectivity index (χ4v) is 1.02. The molecule has 0 saturated carbocycles. The molecule has 70 valence electrons. The molecule has 0 unspecified atom stereocenters. The highest BCUT2D eigenvalue weighted by Gasteiger charge is 2.09. The lowest BCUT2D eigenvalue weighted by molar-refractivity contribution is 0.346. The minimum Gasteiger partial charge on any atom is -0.493 e. The zero-order chi connectivity index (χ0) is 9.68. The minimum atomic E-state index is 0.544. The van der Waals surface area contributed by atoms with Crippen molar-refractivity contribution in [2.75, 3.05) is 14.2 Å². The molecule has 3 nitrogen and oxygen atoms in total. The van der Waals surface area contributed by atoms with E-state index in [4.69, 9.17) is 14.2 Å². The zero-order valence-corrected chi connectivity index (χ0v) is 7.74. The molecule has 0 radical (unpaired) electrons. The predicted octanol–water partition coefficient (Wildman–Crippen LogP) is 2.23. The summed E-state index contributed by atoms with van der Waals surface area (Å²) in [7, 11) is 3.15. The van der Waals surface area contributed by atoms with Gasteiger partial charge in [0.15, 0.2) is 11.5 Å². The third-order valence-electron chi connectivity index (χ3n) is 1.58. The number of hydrogen-bond acceptors (Lipinski definition) is 3. The molecular weight excluding hydrogens is 168 g/mol. The van der Waals surface area contributed by atoms with Crippen LogP contribution in [0.2, 0.25) is 0 Å². The maximum atomic E-state index is 5.16. The summed E-state index contributed by atoms with van der Waals surface area (Å²) >= 11 is 0. The third kappa shape index (κ3) is 1.93. The first-order valence-electron chi connectivity index (χ1n) is 3.82. The maximum absolute atomic E-state index is 5.16. The summed E-state index contributed by atoms with van der Waals surface area (Å²) in [6.45, 7) is 3.47. The van der Waals surface area contributed by atoms with E-state index in [0.29, 0.717) is 17.2 Å². The van der Waals surface area contributed by atoms with Crippen molar-refractivity contribution in [1.29, 1.82) is 0 Å². The van der Waals surface area contributed by atoms with Gasteiger partial charge < -0.3 is 14.2 Å². The molecule has 0 fully saturated rings. The predicted molar refractivity (Wildman–Crippen MR) is 50.4 cm³/mol. The van der Waals surface area contributed by atoms with Crippen LogP contribution in [0.3, 0.4) is 0 Å². The summed E-state index contributed by atoms with van der Waals surface area (Å²) in [6.07, 6.45) is 1.33. The SMILES string of the molecule is C=COc1c(OC)cccc1OC. The van der Waals surface area contributed by atoms with E-state index >= 15 is 0 Å². The van der Waals surface area contributed by atoms with E-state index in [1.165, 1.54) is 6.26 Å². The van der Waals surface area contributed by atoms with Crippen molar-refractivity contribution in [3.8, 4) is 17.2 Å². The Labute approximate surface area is 77.5 Å². The molecular formula is C10H12O3. The van der Waals surface area contributed by atoms with Gasteiger partial charge in [0, 0.05) is 0 Å². The van der Waals surface area contributed by atoms with Crippen molar-refractivity contribution in [2.45, 2.75) is 0 Å². The van der Waals surface area contributed by atoms with Crippen LogP contribution in [0.4, 0.5) is 0 Å². The Morgan fingerprint density at radius 3 is 2.08 bits per heavy atom. The van der Waals surface area contributed by atoms with Gasteiger partial charge in [0.2, 0.25) is 5.75 Å². The van der Waals surface area contributed by atoms with E-state index in [0.717, 1.165) is 0 Å². The average Bonchev–Trinajstić information content (AvgIpc) is 2.18. The van der Waals surface area contributed by atoms with Crippen LogP contribution in [0.5, 0.6) is 17.2 Å². The summed E-state index contributed by atoms with van der Waals surface area (Å²) in [5.74, 6) is 1.79. The van der Waals surface area contributed by atoms with Gasteiger partial charge >= 0.3 is 0 Å². The number of para-hydroxylation sites is 1. The number of hydrogen-bond donors (Lipinski definition) is 0. The number of ether oxygens (including phenoxy) is 3. The summed E-state index contributed by atoms with van der Waals surface area (Å²) < 4.78 is 15.3. The molecule has 0 aliphatic carbocycles. The Bertz CT molecular complexity index is 272. The van der Waals surface area contributed by atoms with Gasteiger partial charge in [0.05, 0.1) is 20.5 Å². The lowest BCUT2D eigenvalue weighted by Gasteiger charge is -2.10. The Balaban J connectivity index is 3.12. The molecule has 0 aromatic heterocycles. The second-order valence-electron chi connectivity index (χ2n) is 2.28. The fraction of sp³-hybridized carbons (Fsp3) is 0.200. The van der Waals surface area contributed by atoms with E-state index in [1.807, 2.05) is 6.07 Å². The highest BCUT2D eigenvalue weighted by atomic mass is 16.5. The lowest BCUT2D eigenvalue weighted by Crippen LogP contribution is -1.93. The monoisotopic (exact) mass is 180 g/mol. The molecule has 0 aliphatic rings. The van der Waals surface area contributed by atoms with Crippen LogP contribution in [0.15, 0.2) is 31.0 Å². The van der Waals surface area contributed by atoms with Crippen LogP contribution >= 0.6 is 0 Å². The van der Waals surface area contributed by atoms with E-state index in [-0.39, 0.29) is 0 Å². The largest absolute Gasteiger partial charge is 0.493 e. The molecule has 0 heterocycles. The van der Waals surface area contributed by atoms with Crippen molar-refractivity contribution in [2.24, 2.45) is 0 Å². The Morgan fingerprint density at radius 2 is 1.69 bits per heavy atom. The second kappa shape index (κ2) is 4.40. The van der Waals surface area contributed by atoms with Gasteiger partial charge in [-0.15, -0.1) is 0 Å². The van der Waals surface area contributed by atoms with Crippen LogP contribution < -0.4 is 14.2 Å². The normalized spacial score (nSPS) is 9.08. The molecule has 1 rings (SSSR count). The maximum Gasteiger partial charge on any atom is 0.210 e. The number of methoxy groups -OCH3 is 2. The van der Waals surface area contributed by atoms with Gasteiger partial charge in [-0.25, -0.2) is 0 Å². The van der Waals surface area contributed by atoms with Crippen molar-refractivity contribution in [1.82, 2.24) is 0 Å². The van der Waals surface area contributed by atoms with E-state index < -0.39 is 0 Å². The first kappa shape index (κ1) is 9.45. The molecule has 0 aliphatic heterocycles. The van der Waals surface area contributed by atoms with Crippen LogP contribution in [0.25, 0.3) is 0 Å². The topological polar surface area (TPSA) is 27.7 Å². The van der Waals surface area contributed by atoms with Crippen LogP contribution in [0.1, 0.15) is 0 Å². The molecule has 0 atom stereocenters. The first-order chi connectivity index (χ1) is 6.33. The molecule has 0 N–H and O–H groups in total. The van der Waals surface area contributed by atoms with Gasteiger partial charge in [0.25, 0.3) is 0 Å². The Kier molecular flexibility index (Phi) is 3.20. The van der Waals surface area contributed by atoms with Gasteiger partial charge in [-0.05, 0) is 12.1 Å². The standard InChI is InChI=1S/C10H12O3/c1-4-13-10-8(11-2)6-5-7-9(10)12-3/h4-7H,1H2,2-3H3. The van der Waals surface area contributed by atoms with Gasteiger partial charge in [-0.3, -0.25) is 0 Å². The average molecular weight is 180 g/mol. The smallest absolute Gasteiger partial charge is 0.210 e. The van der Waals surface area contributed by atoms with E-state index in [2.05, 4.69) is 6.58 Å². The minimum absolute atomic E-state index is 0.544. The van der Waals surface area contributed by atoms with Crippen molar-refractivity contribution in [3.05, 3.63) is 31.0 Å². The first-order valence-corrected chi connectivity index (χ1v) is 3.82. The van der Waals surface area contributed by atoms with Crippen LogP contribution in [0, 0.1) is 0 Å². The fourth-order valence-electron chi connectivity index (χ4n) is 1.02. The van der Waals surface area contributed by atoms with Crippen molar-refractivity contribution >= 4 is 0 Å². The number of benzene rings is 1. The Morgan fingerprint density at radius 1 is 1.15 bits per heavy atom. The molecule has 1 aromatic carbocycles. The van der Waals surface area contributed by atoms with E-state index in [1.54, 1.807) is 26.4 Å². The quantitative estimate of drug-likeness (QED) is 0.665. The Hall–Kier alpha value is -1.64. The summed E-state index contributed by atoms with van der Waals surface area (Å²) in [4.78, 5) is 0. The van der Waals surface area contributed by atoms with Crippen molar-refractivity contribution < 1.29 is 14.2 Å². The summed E-state index contributed by atoms with van der Waals surface area (Å²) in [5, 5.41) is 0. The lowest BCUT2D eigenvalue weighted by atomic mass is 10.3. The molecule has 13 heavy (non-hydrogen) atoms. The van der Waals surface area contributed by atoms with Gasteiger partial charge in [-0.1, -0.05) is 12.6 Å². The molecule has 3 heteroatoms. The zero-order valence-electron chi connectivity index (χ0n) is 7.74. The van der Waals surface area contributed by atoms with Crippen LogP contribution in [-0.2, 0) is 0 Å². The molecule has 1 aromatic rings. The van der Waals surface area contributed by atoms with Crippen LogP contribution in [-0.4, -0.2) is 14.2 Å². The summed E-state index contributed by atoms with van der Waals surface area (Å²) in [6, 6.07) is 5.41. The molecule has 0 saturated heterocycles. The van der Waals surface area contributed by atoms with Gasteiger partial charge in [0.1, 0.15) is 0 Å². The summed E-state index contributed by atoms with van der Waals surface area (Å²) in [5.41, 5.74) is 0. The number of rotatable bonds is 4. The highest BCUT2D eigenvalue weighted by Crippen LogP contribution is 2.36. The highest BCUT2D eigenvalue weighted by molar-refractivity contribution is 5.51. The van der Waals surface area contributed by atoms with Crippen molar-refractivity contribution in [3.63, 3.8) is 0 Å². The second-order valence-corrected chi connectivity index (χ2v) is 2.28. The van der Waals surface area contributed by atoms with E-state index in [9.17, 15) is 0 Å². The molecule has 0 amide bonds. The molecule has 0 bridgehead atoms. The third-order valence-corrected chi connectivity index (χ3v) is 1.58.